The van der Waals surface area contributed by atoms with Crippen molar-refractivity contribution in [2.75, 3.05) is 6.54 Å². The maximum Gasteiger partial charge on any atom is 0.407 e. The Bertz CT molecular complexity index is 577. The summed E-state index contributed by atoms with van der Waals surface area (Å²) in [5.74, 6) is -0.0285. The third-order valence-electron chi connectivity index (χ3n) is 3.96. The maximum atomic E-state index is 12.3. The second-order valence-corrected chi connectivity index (χ2v) is 8.90. The van der Waals surface area contributed by atoms with Crippen LogP contribution in [0.1, 0.15) is 58.8 Å². The van der Waals surface area contributed by atoms with Crippen LogP contribution in [-0.4, -0.2) is 29.7 Å². The quantitative estimate of drug-likeness (QED) is 0.687. The van der Waals surface area contributed by atoms with Crippen LogP contribution in [0.25, 0.3) is 0 Å². The third-order valence-corrected chi connectivity index (χ3v) is 5.25. The van der Waals surface area contributed by atoms with E-state index < -0.39 is 17.2 Å². The van der Waals surface area contributed by atoms with Gasteiger partial charge in [0.05, 0.1) is 9.88 Å². The lowest BCUT2D eigenvalue weighted by atomic mass is 9.92. The maximum absolute atomic E-state index is 12.3. The van der Waals surface area contributed by atoms with E-state index in [1.54, 1.807) is 0 Å². The van der Waals surface area contributed by atoms with E-state index in [0.29, 0.717) is 19.4 Å². The van der Waals surface area contributed by atoms with Crippen LogP contribution in [0.3, 0.4) is 0 Å². The number of aryl methyl sites for hydroxylation is 1. The van der Waals surface area contributed by atoms with Crippen LogP contribution in [0.4, 0.5) is 4.79 Å². The van der Waals surface area contributed by atoms with Gasteiger partial charge in [0.1, 0.15) is 5.60 Å². The van der Waals surface area contributed by atoms with Crippen LogP contribution >= 0.6 is 22.9 Å². The Morgan fingerprint density at radius 2 is 1.84 bits per heavy atom. The number of ether oxygens (including phenoxy) is 1. The summed E-state index contributed by atoms with van der Waals surface area (Å²) in [7, 11) is 0. The van der Waals surface area contributed by atoms with Crippen LogP contribution in [0.15, 0.2) is 12.1 Å². The predicted molar refractivity (Wildman–Crippen MR) is 103 cm³/mol. The van der Waals surface area contributed by atoms with Crippen molar-refractivity contribution in [3.63, 3.8) is 0 Å². The molecule has 5 nitrogen and oxygen atoms in total. The van der Waals surface area contributed by atoms with Crippen LogP contribution in [0, 0.1) is 0 Å². The molecule has 0 aliphatic rings. The molecule has 1 rings (SSSR count). The van der Waals surface area contributed by atoms with E-state index in [4.69, 9.17) is 16.3 Å². The van der Waals surface area contributed by atoms with Crippen molar-refractivity contribution >= 4 is 34.9 Å². The average Bonchev–Trinajstić information content (AvgIpc) is 2.93. The van der Waals surface area contributed by atoms with Gasteiger partial charge in [-0.15, -0.1) is 11.3 Å². The molecule has 1 aromatic rings. The Morgan fingerprint density at radius 3 is 2.32 bits per heavy atom. The average molecular weight is 389 g/mol. The zero-order valence-corrected chi connectivity index (χ0v) is 17.3. The van der Waals surface area contributed by atoms with Crippen molar-refractivity contribution in [2.24, 2.45) is 0 Å². The lowest BCUT2D eigenvalue weighted by molar-refractivity contribution is -0.123. The molecular weight excluding hydrogens is 360 g/mol. The van der Waals surface area contributed by atoms with Gasteiger partial charge in [0.25, 0.3) is 0 Å². The third kappa shape index (κ3) is 8.10. The molecule has 0 bridgehead atoms. The fourth-order valence-corrected chi connectivity index (χ4v) is 3.44. The first-order chi connectivity index (χ1) is 11.6. The summed E-state index contributed by atoms with van der Waals surface area (Å²) >= 11 is 7.40. The zero-order valence-electron chi connectivity index (χ0n) is 15.7. The number of hydrogen-bond acceptors (Lipinski definition) is 4. The smallest absolute Gasteiger partial charge is 0.407 e. The van der Waals surface area contributed by atoms with Crippen LogP contribution in [0.2, 0.25) is 4.34 Å². The van der Waals surface area contributed by atoms with Gasteiger partial charge in [-0.05, 0) is 52.2 Å². The molecule has 0 radical (unpaired) electrons. The van der Waals surface area contributed by atoms with Gasteiger partial charge in [0.2, 0.25) is 5.91 Å². The summed E-state index contributed by atoms with van der Waals surface area (Å²) < 4.78 is 5.99. The van der Waals surface area contributed by atoms with Crippen molar-refractivity contribution in [3.05, 3.63) is 21.3 Å². The van der Waals surface area contributed by atoms with Crippen LogP contribution in [0.5, 0.6) is 0 Å². The summed E-state index contributed by atoms with van der Waals surface area (Å²) in [5.41, 5.74) is -1.02. The zero-order chi connectivity index (χ0) is 19.1. The molecule has 7 heteroatoms. The summed E-state index contributed by atoms with van der Waals surface area (Å²) in [6.45, 7) is 9.79. The van der Waals surface area contributed by atoms with Gasteiger partial charge in [-0.2, -0.15) is 0 Å². The lowest BCUT2D eigenvalue weighted by Gasteiger charge is -2.33. The SMILES string of the molecule is CCC(CC)(CNC(=O)OC(C)(C)C)NC(=O)CCc1ccc(Cl)s1. The molecule has 0 aromatic carbocycles. The van der Waals surface area contributed by atoms with Crippen molar-refractivity contribution in [1.29, 1.82) is 0 Å². The Morgan fingerprint density at radius 1 is 1.20 bits per heavy atom. The lowest BCUT2D eigenvalue weighted by Crippen LogP contribution is -2.55. The molecule has 25 heavy (non-hydrogen) atoms. The van der Waals surface area contributed by atoms with E-state index in [1.165, 1.54) is 11.3 Å². The highest BCUT2D eigenvalue weighted by molar-refractivity contribution is 7.16. The molecule has 0 unspecified atom stereocenters. The molecular formula is C18H29ClN2O3S. The topological polar surface area (TPSA) is 67.4 Å². The van der Waals surface area contributed by atoms with Gasteiger partial charge >= 0.3 is 6.09 Å². The molecule has 0 saturated heterocycles. The Balaban J connectivity index is 2.55. The van der Waals surface area contributed by atoms with Crippen molar-refractivity contribution in [2.45, 2.75) is 71.4 Å². The molecule has 0 saturated carbocycles. The second-order valence-electron chi connectivity index (χ2n) is 7.10. The Hall–Kier alpha value is -1.27. The molecule has 1 heterocycles. The van der Waals surface area contributed by atoms with Gasteiger partial charge in [0.15, 0.2) is 0 Å². The number of carbonyl (C=O) groups is 2. The van der Waals surface area contributed by atoms with E-state index in [-0.39, 0.29) is 5.91 Å². The fourth-order valence-electron chi connectivity index (χ4n) is 2.36. The molecule has 142 valence electrons. The summed E-state index contributed by atoms with van der Waals surface area (Å²) in [6.07, 6.45) is 2.02. The molecule has 0 atom stereocenters. The highest BCUT2D eigenvalue weighted by atomic mass is 35.5. The first-order valence-electron chi connectivity index (χ1n) is 8.61. The van der Waals surface area contributed by atoms with E-state index in [0.717, 1.165) is 22.1 Å². The molecule has 2 N–H and O–H groups in total. The number of thiophene rings is 1. The number of hydrogen-bond donors (Lipinski definition) is 2. The standard InChI is InChI=1S/C18H29ClN2O3S/c1-6-18(7-2,12-20-16(23)24-17(3,4)5)21-15(22)11-9-13-8-10-14(19)25-13/h8,10H,6-7,9,11-12H2,1-5H3,(H,20,23)(H,21,22). The summed E-state index contributed by atoms with van der Waals surface area (Å²) in [6, 6.07) is 3.78. The van der Waals surface area contributed by atoms with Crippen LogP contribution < -0.4 is 10.6 Å². The van der Waals surface area contributed by atoms with Gasteiger partial charge in [0, 0.05) is 17.8 Å². The minimum atomic E-state index is -0.545. The molecule has 1 aromatic heterocycles. The number of carbonyl (C=O) groups excluding carboxylic acids is 2. The Kier molecular flexibility index (Phi) is 8.22. The summed E-state index contributed by atoms with van der Waals surface area (Å²) in [5, 5.41) is 5.86. The highest BCUT2D eigenvalue weighted by Crippen LogP contribution is 2.23. The van der Waals surface area contributed by atoms with Gasteiger partial charge in [-0.25, -0.2) is 4.79 Å². The van der Waals surface area contributed by atoms with Gasteiger partial charge in [-0.1, -0.05) is 25.4 Å². The number of amides is 2. The van der Waals surface area contributed by atoms with Crippen LogP contribution in [-0.2, 0) is 16.0 Å². The number of rotatable bonds is 8. The monoisotopic (exact) mass is 388 g/mol. The van der Waals surface area contributed by atoms with Gasteiger partial charge < -0.3 is 15.4 Å². The van der Waals surface area contributed by atoms with E-state index in [2.05, 4.69) is 10.6 Å². The van der Waals surface area contributed by atoms with Crippen molar-refractivity contribution in [3.8, 4) is 0 Å². The van der Waals surface area contributed by atoms with E-state index in [1.807, 2.05) is 46.8 Å². The first-order valence-corrected chi connectivity index (χ1v) is 9.80. The predicted octanol–water partition coefficient (Wildman–Crippen LogP) is 4.53. The molecule has 0 aliphatic heterocycles. The highest BCUT2D eigenvalue weighted by Gasteiger charge is 2.29. The van der Waals surface area contributed by atoms with E-state index >= 15 is 0 Å². The molecule has 0 spiro atoms. The van der Waals surface area contributed by atoms with Crippen molar-refractivity contribution in [1.82, 2.24) is 10.6 Å². The fraction of sp³-hybridized carbons (Fsp3) is 0.667. The van der Waals surface area contributed by atoms with Crippen molar-refractivity contribution < 1.29 is 14.3 Å². The minimum absolute atomic E-state index is 0.0285. The Labute approximate surface area is 159 Å². The first kappa shape index (κ1) is 21.8. The minimum Gasteiger partial charge on any atom is -0.444 e. The summed E-state index contributed by atoms with van der Waals surface area (Å²) in [4.78, 5) is 25.3. The van der Waals surface area contributed by atoms with E-state index in [9.17, 15) is 9.59 Å². The number of alkyl carbamates (subject to hydrolysis) is 1. The largest absolute Gasteiger partial charge is 0.444 e. The molecule has 2 amide bonds. The number of halogens is 1. The molecule has 0 fully saturated rings. The van der Waals surface area contributed by atoms with Gasteiger partial charge in [-0.3, -0.25) is 4.79 Å². The number of nitrogens with one attached hydrogen (secondary N) is 2. The molecule has 0 aliphatic carbocycles. The second kappa shape index (κ2) is 9.43. The normalized spacial score (nSPS) is 11.9.